The first-order chi connectivity index (χ1) is 9.08. The molecule has 2 rings (SSSR count). The standard InChI is InChI=1S/C14H16FNO2S/c1-9(2)14-16-12(8-19-14)7-18-13-4-10(6-17)3-11(15)5-13/h3-5,8-9,17H,6-7H2,1-2H3. The highest BCUT2D eigenvalue weighted by atomic mass is 32.1. The van der Waals surface area contributed by atoms with Crippen molar-refractivity contribution in [2.45, 2.75) is 33.0 Å². The lowest BCUT2D eigenvalue weighted by atomic mass is 10.2. The van der Waals surface area contributed by atoms with Crippen LogP contribution < -0.4 is 4.74 Å². The van der Waals surface area contributed by atoms with E-state index in [1.807, 2.05) is 5.38 Å². The Balaban J connectivity index is 2.03. The van der Waals surface area contributed by atoms with Gasteiger partial charge in [0, 0.05) is 17.4 Å². The molecular formula is C14H16FNO2S. The summed E-state index contributed by atoms with van der Waals surface area (Å²) in [6, 6.07) is 4.21. The molecule has 1 aromatic heterocycles. The lowest BCUT2D eigenvalue weighted by Crippen LogP contribution is -1.98. The molecule has 0 amide bonds. The molecule has 19 heavy (non-hydrogen) atoms. The normalized spacial score (nSPS) is 11.0. The summed E-state index contributed by atoms with van der Waals surface area (Å²) in [5.74, 6) is 0.389. The minimum Gasteiger partial charge on any atom is -0.487 e. The molecule has 0 saturated heterocycles. The third-order valence-electron chi connectivity index (χ3n) is 2.56. The molecule has 0 fully saturated rings. The number of halogens is 1. The molecule has 0 atom stereocenters. The zero-order chi connectivity index (χ0) is 13.8. The van der Waals surface area contributed by atoms with E-state index in [0.29, 0.717) is 23.8 Å². The molecule has 0 spiro atoms. The third-order valence-corrected chi connectivity index (χ3v) is 3.76. The van der Waals surface area contributed by atoms with Gasteiger partial charge in [-0.2, -0.15) is 0 Å². The van der Waals surface area contributed by atoms with Crippen LogP contribution in [-0.2, 0) is 13.2 Å². The Hall–Kier alpha value is -1.46. The van der Waals surface area contributed by atoms with Crippen LogP contribution in [-0.4, -0.2) is 10.1 Å². The summed E-state index contributed by atoms with van der Waals surface area (Å²) in [5.41, 5.74) is 1.33. The van der Waals surface area contributed by atoms with Gasteiger partial charge in [0.1, 0.15) is 18.2 Å². The number of aliphatic hydroxyl groups excluding tert-OH is 1. The minimum absolute atomic E-state index is 0.206. The largest absolute Gasteiger partial charge is 0.487 e. The van der Waals surface area contributed by atoms with Crippen molar-refractivity contribution in [2.75, 3.05) is 0 Å². The number of rotatable bonds is 5. The van der Waals surface area contributed by atoms with Gasteiger partial charge in [-0.3, -0.25) is 0 Å². The van der Waals surface area contributed by atoms with Gasteiger partial charge in [0.05, 0.1) is 17.3 Å². The summed E-state index contributed by atoms with van der Waals surface area (Å²) in [6.07, 6.45) is 0. The highest BCUT2D eigenvalue weighted by molar-refractivity contribution is 7.09. The summed E-state index contributed by atoms with van der Waals surface area (Å²) < 4.78 is 18.7. The third kappa shape index (κ3) is 3.75. The van der Waals surface area contributed by atoms with Crippen LogP contribution >= 0.6 is 11.3 Å². The van der Waals surface area contributed by atoms with E-state index in [-0.39, 0.29) is 6.61 Å². The maximum Gasteiger partial charge on any atom is 0.131 e. The Kier molecular flexibility index (Phi) is 4.50. The summed E-state index contributed by atoms with van der Waals surface area (Å²) in [5, 5.41) is 12.0. The van der Waals surface area contributed by atoms with Gasteiger partial charge in [0.15, 0.2) is 0 Å². The number of nitrogens with zero attached hydrogens (tertiary/aromatic N) is 1. The maximum absolute atomic E-state index is 13.2. The molecule has 1 aromatic carbocycles. The van der Waals surface area contributed by atoms with Crippen LogP contribution in [0.3, 0.4) is 0 Å². The fraction of sp³-hybridized carbons (Fsp3) is 0.357. The van der Waals surface area contributed by atoms with Crippen LogP contribution in [0.4, 0.5) is 4.39 Å². The summed E-state index contributed by atoms with van der Waals surface area (Å²) >= 11 is 1.60. The monoisotopic (exact) mass is 281 g/mol. The van der Waals surface area contributed by atoms with Crippen molar-refractivity contribution in [1.82, 2.24) is 4.98 Å². The smallest absolute Gasteiger partial charge is 0.131 e. The molecule has 102 valence electrons. The van der Waals surface area contributed by atoms with Gasteiger partial charge in [-0.25, -0.2) is 9.37 Å². The van der Waals surface area contributed by atoms with E-state index >= 15 is 0 Å². The molecule has 2 aromatic rings. The van der Waals surface area contributed by atoms with Crippen LogP contribution in [0.2, 0.25) is 0 Å². The van der Waals surface area contributed by atoms with Gasteiger partial charge in [-0.05, 0) is 17.7 Å². The van der Waals surface area contributed by atoms with Crippen LogP contribution in [0, 0.1) is 5.82 Å². The summed E-state index contributed by atoms with van der Waals surface area (Å²) in [7, 11) is 0. The number of hydrogen-bond donors (Lipinski definition) is 1. The number of aliphatic hydroxyl groups is 1. The first-order valence-corrected chi connectivity index (χ1v) is 6.94. The molecule has 0 aliphatic heterocycles. The Morgan fingerprint density at radius 2 is 2.16 bits per heavy atom. The summed E-state index contributed by atoms with van der Waals surface area (Å²) in [4.78, 5) is 4.44. The lowest BCUT2D eigenvalue weighted by molar-refractivity contribution is 0.276. The molecule has 0 aliphatic carbocycles. The van der Waals surface area contributed by atoms with Crippen molar-refractivity contribution in [2.24, 2.45) is 0 Å². The van der Waals surface area contributed by atoms with E-state index < -0.39 is 5.82 Å². The number of thiazole rings is 1. The molecule has 0 bridgehead atoms. The van der Waals surface area contributed by atoms with Gasteiger partial charge in [-0.15, -0.1) is 11.3 Å². The van der Waals surface area contributed by atoms with Crippen molar-refractivity contribution < 1.29 is 14.2 Å². The Morgan fingerprint density at radius 1 is 1.37 bits per heavy atom. The fourth-order valence-electron chi connectivity index (χ4n) is 1.61. The van der Waals surface area contributed by atoms with Crippen LogP contribution in [0.15, 0.2) is 23.6 Å². The Bertz CT molecular complexity index is 554. The quantitative estimate of drug-likeness (QED) is 0.912. The van der Waals surface area contributed by atoms with E-state index in [9.17, 15) is 4.39 Å². The second-order valence-corrected chi connectivity index (χ2v) is 5.46. The van der Waals surface area contributed by atoms with Crippen molar-refractivity contribution in [3.63, 3.8) is 0 Å². The molecule has 0 radical (unpaired) electrons. The molecule has 5 heteroatoms. The SMILES string of the molecule is CC(C)c1nc(COc2cc(F)cc(CO)c2)cs1. The van der Waals surface area contributed by atoms with Crippen LogP contribution in [0.1, 0.15) is 36.0 Å². The molecule has 3 nitrogen and oxygen atoms in total. The molecule has 0 saturated carbocycles. The first kappa shape index (κ1) is 14.0. The maximum atomic E-state index is 13.2. The summed E-state index contributed by atoms with van der Waals surface area (Å²) in [6.45, 7) is 4.27. The molecule has 0 unspecified atom stereocenters. The predicted octanol–water partition coefficient (Wildman–Crippen LogP) is 3.48. The topological polar surface area (TPSA) is 42.4 Å². The van der Waals surface area contributed by atoms with Crippen molar-refractivity contribution in [1.29, 1.82) is 0 Å². The first-order valence-electron chi connectivity index (χ1n) is 6.06. The van der Waals surface area contributed by atoms with E-state index in [4.69, 9.17) is 9.84 Å². The average molecular weight is 281 g/mol. The number of hydrogen-bond acceptors (Lipinski definition) is 4. The van der Waals surface area contributed by atoms with Crippen molar-refractivity contribution in [3.05, 3.63) is 45.7 Å². The van der Waals surface area contributed by atoms with Crippen LogP contribution in [0.5, 0.6) is 5.75 Å². The predicted molar refractivity (Wildman–Crippen MR) is 72.9 cm³/mol. The fourth-order valence-corrected chi connectivity index (χ4v) is 2.43. The molecule has 1 heterocycles. The van der Waals surface area contributed by atoms with Crippen LogP contribution in [0.25, 0.3) is 0 Å². The van der Waals surface area contributed by atoms with Gasteiger partial charge >= 0.3 is 0 Å². The second kappa shape index (κ2) is 6.12. The Morgan fingerprint density at radius 3 is 2.79 bits per heavy atom. The van der Waals surface area contributed by atoms with E-state index in [1.54, 1.807) is 17.4 Å². The van der Waals surface area contributed by atoms with Crippen molar-refractivity contribution >= 4 is 11.3 Å². The zero-order valence-corrected chi connectivity index (χ0v) is 11.7. The van der Waals surface area contributed by atoms with Crippen molar-refractivity contribution in [3.8, 4) is 5.75 Å². The lowest BCUT2D eigenvalue weighted by Gasteiger charge is -2.06. The van der Waals surface area contributed by atoms with E-state index in [1.165, 1.54) is 12.1 Å². The zero-order valence-electron chi connectivity index (χ0n) is 10.9. The van der Waals surface area contributed by atoms with E-state index in [0.717, 1.165) is 10.7 Å². The molecular weight excluding hydrogens is 265 g/mol. The molecule has 0 aliphatic rings. The molecule has 1 N–H and O–H groups in total. The van der Waals surface area contributed by atoms with Gasteiger partial charge in [-0.1, -0.05) is 13.8 Å². The average Bonchev–Trinajstić information content (AvgIpc) is 2.84. The minimum atomic E-state index is -0.414. The highest BCUT2D eigenvalue weighted by Crippen LogP contribution is 2.21. The number of benzene rings is 1. The Labute approximate surface area is 115 Å². The number of ether oxygens (including phenoxy) is 1. The highest BCUT2D eigenvalue weighted by Gasteiger charge is 2.07. The van der Waals surface area contributed by atoms with E-state index in [2.05, 4.69) is 18.8 Å². The van der Waals surface area contributed by atoms with Gasteiger partial charge in [0.2, 0.25) is 0 Å². The van der Waals surface area contributed by atoms with Gasteiger partial charge < -0.3 is 9.84 Å². The number of aromatic nitrogens is 1. The van der Waals surface area contributed by atoms with Gasteiger partial charge in [0.25, 0.3) is 0 Å². The second-order valence-electron chi connectivity index (χ2n) is 4.57.